The molecule has 0 heterocycles. The normalized spacial score (nSPS) is 13.7. The number of rotatable bonds is 14. The van der Waals surface area contributed by atoms with Crippen LogP contribution in [0.3, 0.4) is 0 Å². The van der Waals surface area contributed by atoms with Gasteiger partial charge in [-0.2, -0.15) is 0 Å². The molecule has 5 heteroatoms. The Labute approximate surface area is 258 Å². The van der Waals surface area contributed by atoms with Gasteiger partial charge in [-0.3, -0.25) is 10.1 Å². The van der Waals surface area contributed by atoms with Gasteiger partial charge in [0.15, 0.2) is 0 Å². The molecule has 4 aromatic carbocycles. The van der Waals surface area contributed by atoms with Gasteiger partial charge < -0.3 is 9.16 Å². The third-order valence-electron chi connectivity index (χ3n) is 7.53. The number of hydrogen-bond donors (Lipinski definition) is 1. The molecule has 43 heavy (non-hydrogen) atoms. The highest BCUT2D eigenvalue weighted by Crippen LogP contribution is 2.38. The van der Waals surface area contributed by atoms with Gasteiger partial charge in [-0.15, -0.1) is 0 Å². The van der Waals surface area contributed by atoms with Crippen molar-refractivity contribution in [2.45, 2.75) is 57.4 Å². The van der Waals surface area contributed by atoms with Gasteiger partial charge in [0.2, 0.25) is 8.32 Å². The van der Waals surface area contributed by atoms with E-state index in [1.807, 2.05) is 12.1 Å². The molecule has 0 fully saturated rings. The van der Waals surface area contributed by atoms with Crippen molar-refractivity contribution in [3.05, 3.63) is 155 Å². The van der Waals surface area contributed by atoms with Crippen molar-refractivity contribution in [1.29, 1.82) is 0 Å². The summed E-state index contributed by atoms with van der Waals surface area (Å²) in [5.74, 6) is 0.150. The van der Waals surface area contributed by atoms with Crippen LogP contribution in [0.2, 0.25) is 19.6 Å². The summed E-state index contributed by atoms with van der Waals surface area (Å²) in [6.07, 6.45) is 4.24. The molecular formula is C38H45NO3Si. The molecule has 0 amide bonds. The second-order valence-electron chi connectivity index (χ2n) is 11.9. The Morgan fingerprint density at radius 2 is 1.21 bits per heavy atom. The predicted molar refractivity (Wildman–Crippen MR) is 179 cm³/mol. The lowest BCUT2D eigenvalue weighted by Crippen LogP contribution is -2.52. The molecule has 0 saturated heterocycles. The van der Waals surface area contributed by atoms with Crippen LogP contribution < -0.4 is 5.32 Å². The molecule has 0 aromatic heterocycles. The van der Waals surface area contributed by atoms with Crippen LogP contribution >= 0.6 is 0 Å². The quantitative estimate of drug-likeness (QED) is 0.0691. The number of ether oxygens (including phenoxy) is 1. The third-order valence-corrected chi connectivity index (χ3v) is 8.38. The Balaban J connectivity index is 2.00. The van der Waals surface area contributed by atoms with Crippen molar-refractivity contribution >= 4 is 14.3 Å². The summed E-state index contributed by atoms with van der Waals surface area (Å²) in [5, 5.41) is 4.17. The van der Waals surface area contributed by atoms with Gasteiger partial charge in [0.05, 0.1) is 30.4 Å². The Hall–Kier alpha value is -3.93. The predicted octanol–water partition coefficient (Wildman–Crippen LogP) is 8.50. The maximum atomic E-state index is 13.0. The highest BCUT2D eigenvalue weighted by Gasteiger charge is 2.40. The average Bonchev–Trinajstić information content (AvgIpc) is 3.03. The molecule has 0 aliphatic heterocycles. The first-order valence-corrected chi connectivity index (χ1v) is 18.6. The van der Waals surface area contributed by atoms with E-state index in [1.54, 1.807) is 0 Å². The molecule has 4 aromatic rings. The number of hydrogen-bond acceptors (Lipinski definition) is 4. The van der Waals surface area contributed by atoms with E-state index in [-0.39, 0.29) is 12.0 Å². The summed E-state index contributed by atoms with van der Waals surface area (Å²) in [4.78, 5) is 13.0. The number of carbonyl (C=O) groups excluding carboxylic acids is 1. The van der Waals surface area contributed by atoms with Crippen molar-refractivity contribution < 1.29 is 14.0 Å². The summed E-state index contributed by atoms with van der Waals surface area (Å²) in [6, 6.07) is 42.0. The molecule has 4 nitrogen and oxygen atoms in total. The van der Waals surface area contributed by atoms with Crippen molar-refractivity contribution in [3.63, 3.8) is 0 Å². The zero-order valence-corrected chi connectivity index (χ0v) is 27.1. The van der Waals surface area contributed by atoms with Crippen LogP contribution in [0.4, 0.5) is 0 Å². The topological polar surface area (TPSA) is 47.6 Å². The van der Waals surface area contributed by atoms with E-state index >= 15 is 0 Å². The summed E-state index contributed by atoms with van der Waals surface area (Å²) in [7, 11) is -0.648. The molecule has 0 saturated carbocycles. The monoisotopic (exact) mass is 591 g/mol. The van der Waals surface area contributed by atoms with Gasteiger partial charge in [-0.1, -0.05) is 135 Å². The molecule has 0 spiro atoms. The molecular weight excluding hydrogens is 547 g/mol. The van der Waals surface area contributed by atoms with Crippen LogP contribution in [-0.2, 0) is 25.9 Å². The number of esters is 1. The van der Waals surface area contributed by atoms with Crippen molar-refractivity contribution in [3.8, 4) is 0 Å². The zero-order chi connectivity index (χ0) is 30.7. The summed E-state index contributed by atoms with van der Waals surface area (Å²) in [6.45, 7) is 8.65. The van der Waals surface area contributed by atoms with Crippen LogP contribution in [0.5, 0.6) is 0 Å². The average molecular weight is 592 g/mol. The van der Waals surface area contributed by atoms with Crippen LogP contribution in [0, 0.1) is 5.92 Å². The molecule has 0 radical (unpaired) electrons. The van der Waals surface area contributed by atoms with Crippen LogP contribution in [0.15, 0.2) is 133 Å². The van der Waals surface area contributed by atoms with Crippen molar-refractivity contribution in [2.75, 3.05) is 7.11 Å². The van der Waals surface area contributed by atoms with E-state index in [4.69, 9.17) is 9.16 Å². The largest absolute Gasteiger partial charge is 0.546 e. The van der Waals surface area contributed by atoms with Gasteiger partial charge in [0, 0.05) is 0 Å². The van der Waals surface area contributed by atoms with E-state index in [9.17, 15) is 4.79 Å². The second kappa shape index (κ2) is 15.0. The fraction of sp³-hybridized carbons (Fsp3) is 0.289. The lowest BCUT2D eigenvalue weighted by Gasteiger charge is -2.42. The zero-order valence-electron chi connectivity index (χ0n) is 26.1. The van der Waals surface area contributed by atoms with Gasteiger partial charge >= 0.3 is 5.97 Å². The SMILES string of the molecule is CCC[C@H](/C=C(\O[Si](C)(C)C)[C@H](Cc1ccccc1)NC(c1ccccc1)(c1ccccc1)c1ccccc1)C(=O)OC. The molecule has 224 valence electrons. The number of benzene rings is 4. The molecule has 0 aliphatic rings. The standard InChI is InChI=1S/C38H45NO3Si/c1-6-19-31(37(40)41-2)29-36(42-43(3,4)5)35(28-30-20-11-7-12-21-30)39-38(32-22-13-8-14-23-32,33-24-15-9-16-25-33)34-26-17-10-18-27-34/h7-18,20-27,29,31,35,39H,6,19,28H2,1-5H3/b36-29-/t31-,35+/m1/s1. The van der Waals surface area contributed by atoms with E-state index in [2.05, 4.69) is 147 Å². The van der Waals surface area contributed by atoms with E-state index < -0.39 is 19.8 Å². The second-order valence-corrected chi connectivity index (χ2v) is 16.4. The van der Waals surface area contributed by atoms with E-state index in [1.165, 1.54) is 12.7 Å². The minimum absolute atomic E-state index is 0.238. The molecule has 1 N–H and O–H groups in total. The molecule has 0 aliphatic carbocycles. The number of carbonyl (C=O) groups is 1. The summed E-state index contributed by atoms with van der Waals surface area (Å²) < 4.78 is 12.2. The summed E-state index contributed by atoms with van der Waals surface area (Å²) in [5.41, 5.74) is 3.83. The molecule has 0 bridgehead atoms. The van der Waals surface area contributed by atoms with Crippen LogP contribution in [0.1, 0.15) is 42.0 Å². The minimum atomic E-state index is -2.11. The van der Waals surface area contributed by atoms with Gasteiger partial charge in [0.1, 0.15) is 0 Å². The maximum Gasteiger partial charge on any atom is 0.312 e. The number of methoxy groups -OCH3 is 1. The van der Waals surface area contributed by atoms with Gasteiger partial charge in [0.25, 0.3) is 0 Å². The smallest absolute Gasteiger partial charge is 0.312 e. The Morgan fingerprint density at radius 3 is 1.60 bits per heavy atom. The third kappa shape index (κ3) is 8.34. The Morgan fingerprint density at radius 1 is 0.767 bits per heavy atom. The lowest BCUT2D eigenvalue weighted by molar-refractivity contribution is -0.144. The van der Waals surface area contributed by atoms with E-state index in [0.717, 1.165) is 28.9 Å². The van der Waals surface area contributed by atoms with Crippen LogP contribution in [-0.4, -0.2) is 27.4 Å². The lowest BCUT2D eigenvalue weighted by atomic mass is 9.76. The van der Waals surface area contributed by atoms with Crippen molar-refractivity contribution in [1.82, 2.24) is 5.32 Å². The number of nitrogens with one attached hydrogen (secondary N) is 1. The minimum Gasteiger partial charge on any atom is -0.546 e. The molecule has 4 rings (SSSR count). The molecule has 2 atom stereocenters. The first kappa shape index (κ1) is 32.0. The Bertz CT molecular complexity index is 1340. The van der Waals surface area contributed by atoms with E-state index in [0.29, 0.717) is 12.8 Å². The Kier molecular flexibility index (Phi) is 11.2. The summed E-state index contributed by atoms with van der Waals surface area (Å²) >= 11 is 0. The van der Waals surface area contributed by atoms with Crippen LogP contribution in [0.25, 0.3) is 0 Å². The fourth-order valence-corrected chi connectivity index (χ4v) is 6.57. The fourth-order valence-electron chi connectivity index (χ4n) is 5.65. The highest BCUT2D eigenvalue weighted by molar-refractivity contribution is 6.70. The van der Waals surface area contributed by atoms with Gasteiger partial charge in [-0.25, -0.2) is 0 Å². The first-order valence-electron chi connectivity index (χ1n) is 15.2. The highest BCUT2D eigenvalue weighted by atomic mass is 28.4. The van der Waals surface area contributed by atoms with Gasteiger partial charge in [-0.05, 0) is 60.8 Å². The van der Waals surface area contributed by atoms with Crippen molar-refractivity contribution in [2.24, 2.45) is 5.92 Å². The maximum absolute atomic E-state index is 13.0. The first-order chi connectivity index (χ1) is 20.8. The molecule has 0 unspecified atom stereocenters.